The monoisotopic (exact) mass is 299 g/mol. The molecular formula is C13H12F3N3O2. The second kappa shape index (κ2) is 5.86. The number of nitrogens with two attached hydrogens (primary N) is 1. The summed E-state index contributed by atoms with van der Waals surface area (Å²) in [7, 11) is 0. The lowest BCUT2D eigenvalue weighted by molar-refractivity contribution is -0.138. The molecule has 0 aliphatic rings. The molecule has 0 radical (unpaired) electrons. The van der Waals surface area contributed by atoms with Gasteiger partial charge in [0.2, 0.25) is 11.8 Å². The maximum atomic E-state index is 12.9. The van der Waals surface area contributed by atoms with Crippen LogP contribution in [0.15, 0.2) is 30.6 Å². The maximum absolute atomic E-state index is 12.9. The highest BCUT2D eigenvalue weighted by Crippen LogP contribution is 2.39. The molecule has 2 rings (SSSR count). The van der Waals surface area contributed by atoms with Crippen molar-refractivity contribution in [1.82, 2.24) is 9.97 Å². The molecule has 0 amide bonds. The van der Waals surface area contributed by atoms with Gasteiger partial charge in [-0.15, -0.1) is 0 Å². The molecular weight excluding hydrogens is 287 g/mol. The van der Waals surface area contributed by atoms with Crippen molar-refractivity contribution in [3.63, 3.8) is 0 Å². The smallest absolute Gasteiger partial charge is 0.419 e. The highest BCUT2D eigenvalue weighted by atomic mass is 19.4. The van der Waals surface area contributed by atoms with E-state index in [0.29, 0.717) is 6.61 Å². The number of halogens is 3. The van der Waals surface area contributed by atoms with Crippen LogP contribution in [0.2, 0.25) is 0 Å². The second-order valence-electron chi connectivity index (χ2n) is 3.93. The van der Waals surface area contributed by atoms with Crippen molar-refractivity contribution in [2.75, 3.05) is 12.3 Å². The minimum absolute atomic E-state index is 0.0590. The normalized spacial score (nSPS) is 11.2. The number of rotatable bonds is 4. The summed E-state index contributed by atoms with van der Waals surface area (Å²) in [5, 5.41) is 0. The first-order chi connectivity index (χ1) is 9.93. The lowest BCUT2D eigenvalue weighted by Gasteiger charge is -2.14. The predicted molar refractivity (Wildman–Crippen MR) is 69.1 cm³/mol. The van der Waals surface area contributed by atoms with Gasteiger partial charge >= 0.3 is 6.18 Å². The molecule has 0 unspecified atom stereocenters. The van der Waals surface area contributed by atoms with Gasteiger partial charge in [-0.1, -0.05) is 12.1 Å². The predicted octanol–water partition coefficient (Wildman–Crippen LogP) is 3.27. The Kier molecular flexibility index (Phi) is 4.15. The Morgan fingerprint density at radius 3 is 2.48 bits per heavy atom. The average molecular weight is 299 g/mol. The van der Waals surface area contributed by atoms with E-state index in [-0.39, 0.29) is 17.4 Å². The minimum atomic E-state index is -4.54. The third-order valence-electron chi connectivity index (χ3n) is 2.49. The Morgan fingerprint density at radius 2 is 1.81 bits per heavy atom. The van der Waals surface area contributed by atoms with Gasteiger partial charge in [-0.3, -0.25) is 0 Å². The number of aromatic nitrogens is 2. The number of ether oxygens (including phenoxy) is 2. The molecule has 21 heavy (non-hydrogen) atoms. The van der Waals surface area contributed by atoms with E-state index in [4.69, 9.17) is 15.2 Å². The van der Waals surface area contributed by atoms with E-state index in [9.17, 15) is 13.2 Å². The first-order valence-electron chi connectivity index (χ1n) is 6.00. The zero-order valence-electron chi connectivity index (χ0n) is 11.0. The molecule has 0 saturated carbocycles. The van der Waals surface area contributed by atoms with Crippen molar-refractivity contribution in [2.45, 2.75) is 13.1 Å². The van der Waals surface area contributed by atoms with Gasteiger partial charge in [0.15, 0.2) is 5.69 Å². The number of alkyl halides is 3. The Morgan fingerprint density at radius 1 is 1.14 bits per heavy atom. The summed E-state index contributed by atoms with van der Waals surface area (Å²) in [6, 6.07) is 4.79. The van der Waals surface area contributed by atoms with Crippen molar-refractivity contribution in [2.24, 2.45) is 0 Å². The molecule has 8 heteroatoms. The van der Waals surface area contributed by atoms with Crippen molar-refractivity contribution in [3.8, 4) is 17.5 Å². The van der Waals surface area contributed by atoms with Crippen molar-refractivity contribution >= 4 is 5.69 Å². The van der Waals surface area contributed by atoms with Gasteiger partial charge in [-0.2, -0.15) is 23.1 Å². The van der Waals surface area contributed by atoms with E-state index in [0.717, 1.165) is 12.4 Å². The van der Waals surface area contributed by atoms with Gasteiger partial charge in [0.25, 0.3) is 0 Å². The van der Waals surface area contributed by atoms with E-state index in [1.54, 1.807) is 6.92 Å². The Balaban J connectivity index is 2.38. The molecule has 1 aromatic carbocycles. The van der Waals surface area contributed by atoms with Crippen LogP contribution < -0.4 is 15.2 Å². The van der Waals surface area contributed by atoms with Crippen LogP contribution in [0.5, 0.6) is 17.5 Å². The maximum Gasteiger partial charge on any atom is 0.419 e. The summed E-state index contributed by atoms with van der Waals surface area (Å²) in [4.78, 5) is 7.51. The minimum Gasteiger partial charge on any atom is -0.476 e. The molecule has 112 valence electrons. The molecule has 0 atom stereocenters. The van der Waals surface area contributed by atoms with Gasteiger partial charge in [-0.05, 0) is 19.1 Å². The lowest BCUT2D eigenvalue weighted by atomic mass is 10.2. The number of nitrogen functional groups attached to an aromatic ring is 1. The quantitative estimate of drug-likeness (QED) is 0.938. The number of nitrogens with zero attached hydrogens (tertiary/aromatic N) is 2. The molecule has 0 spiro atoms. The van der Waals surface area contributed by atoms with E-state index in [1.165, 1.54) is 18.2 Å². The number of anilines is 1. The number of para-hydroxylation sites is 1. The van der Waals surface area contributed by atoms with Gasteiger partial charge in [0.1, 0.15) is 12.1 Å². The molecule has 0 aliphatic heterocycles. The van der Waals surface area contributed by atoms with Gasteiger partial charge in [-0.25, -0.2) is 0 Å². The summed E-state index contributed by atoms with van der Waals surface area (Å²) in [5.74, 6) is -0.519. The fraction of sp³-hybridized carbons (Fsp3) is 0.231. The first kappa shape index (κ1) is 14.9. The van der Waals surface area contributed by atoms with Crippen molar-refractivity contribution in [3.05, 3.63) is 36.2 Å². The summed E-state index contributed by atoms with van der Waals surface area (Å²) in [6.45, 7) is 2.03. The molecule has 2 N–H and O–H groups in total. The van der Waals surface area contributed by atoms with Crippen LogP contribution in [0.1, 0.15) is 12.5 Å². The Bertz CT molecular complexity index is 632. The standard InChI is InChI=1S/C13H12F3N3O2/c1-2-20-11-10(17)12(19-7-18-11)21-9-6-4-3-5-8(9)13(14,15)16/h3-7H,2,17H2,1H3. The van der Waals surface area contributed by atoms with Crippen LogP contribution in [0.3, 0.4) is 0 Å². The third-order valence-corrected chi connectivity index (χ3v) is 2.49. The van der Waals surface area contributed by atoms with E-state index < -0.39 is 17.5 Å². The molecule has 0 bridgehead atoms. The largest absolute Gasteiger partial charge is 0.476 e. The highest BCUT2D eigenvalue weighted by Gasteiger charge is 2.34. The molecule has 0 saturated heterocycles. The molecule has 5 nitrogen and oxygen atoms in total. The molecule has 0 fully saturated rings. The summed E-state index contributed by atoms with van der Waals surface area (Å²) >= 11 is 0. The number of hydrogen-bond donors (Lipinski definition) is 1. The second-order valence-corrected chi connectivity index (χ2v) is 3.93. The van der Waals surface area contributed by atoms with Crippen LogP contribution in [0.25, 0.3) is 0 Å². The number of hydrogen-bond acceptors (Lipinski definition) is 5. The Hall–Kier alpha value is -2.51. The first-order valence-corrected chi connectivity index (χ1v) is 6.00. The topological polar surface area (TPSA) is 70.3 Å². The SMILES string of the molecule is CCOc1ncnc(Oc2ccccc2C(F)(F)F)c1N. The zero-order valence-corrected chi connectivity index (χ0v) is 11.0. The average Bonchev–Trinajstić information content (AvgIpc) is 2.43. The van der Waals surface area contributed by atoms with E-state index in [2.05, 4.69) is 9.97 Å². The zero-order chi connectivity index (χ0) is 15.5. The van der Waals surface area contributed by atoms with Crippen LogP contribution in [-0.4, -0.2) is 16.6 Å². The number of benzene rings is 1. The van der Waals surface area contributed by atoms with E-state index >= 15 is 0 Å². The van der Waals surface area contributed by atoms with Gasteiger partial charge in [0.05, 0.1) is 12.2 Å². The van der Waals surface area contributed by atoms with Gasteiger partial charge in [0, 0.05) is 0 Å². The molecule has 1 heterocycles. The Labute approximate surface area is 118 Å². The lowest BCUT2D eigenvalue weighted by Crippen LogP contribution is -2.08. The summed E-state index contributed by atoms with van der Waals surface area (Å²) in [5.41, 5.74) is 4.75. The van der Waals surface area contributed by atoms with Crippen LogP contribution in [0, 0.1) is 0 Å². The van der Waals surface area contributed by atoms with E-state index in [1.807, 2.05) is 0 Å². The van der Waals surface area contributed by atoms with Gasteiger partial charge < -0.3 is 15.2 Å². The van der Waals surface area contributed by atoms with Crippen LogP contribution in [0.4, 0.5) is 18.9 Å². The molecule has 1 aromatic heterocycles. The van der Waals surface area contributed by atoms with Crippen molar-refractivity contribution < 1.29 is 22.6 Å². The highest BCUT2D eigenvalue weighted by molar-refractivity contribution is 5.57. The third kappa shape index (κ3) is 3.33. The molecule has 2 aromatic rings. The van der Waals surface area contributed by atoms with Crippen molar-refractivity contribution in [1.29, 1.82) is 0 Å². The summed E-state index contributed by atoms with van der Waals surface area (Å²) in [6.07, 6.45) is -3.44. The summed E-state index contributed by atoms with van der Waals surface area (Å²) < 4.78 is 49.0. The van der Waals surface area contributed by atoms with Crippen LogP contribution >= 0.6 is 0 Å². The fourth-order valence-corrected chi connectivity index (χ4v) is 1.59. The fourth-order valence-electron chi connectivity index (χ4n) is 1.59. The van der Waals surface area contributed by atoms with Crippen LogP contribution in [-0.2, 0) is 6.18 Å². The molecule has 0 aliphatic carbocycles.